The van der Waals surface area contributed by atoms with Crippen molar-refractivity contribution < 1.29 is 23.8 Å². The van der Waals surface area contributed by atoms with E-state index in [1.807, 2.05) is 49.1 Å². The van der Waals surface area contributed by atoms with Gasteiger partial charge in [-0.3, -0.25) is 14.4 Å². The van der Waals surface area contributed by atoms with Crippen LogP contribution in [0.5, 0.6) is 17.2 Å². The standard InChI is InChI=1S/C35H43N5O6/c1-21(2)32(35(43)40-17-15-39(16-18-40)30-9-7-8-14-36-30)38-27-13-11-24-25(20-28(27)42)26(37-22(3)41)12-10-23-19-29(44-4)33(45-5)34(46-6)31(23)24/h7-9,11,13-14,19-21,26,32H,10,12,15-18H2,1-6H3,(H,37,41)(H,38,42)/t26-,32-/m0/s1. The fourth-order valence-corrected chi connectivity index (χ4v) is 6.40. The molecule has 3 aromatic rings. The highest BCUT2D eigenvalue weighted by Crippen LogP contribution is 2.50. The molecule has 0 bridgehead atoms. The molecule has 2 N–H and O–H groups in total. The molecule has 5 rings (SSSR count). The molecule has 2 aliphatic rings. The molecule has 1 saturated heterocycles. The minimum Gasteiger partial charge on any atom is -0.493 e. The normalized spacial score (nSPS) is 16.5. The van der Waals surface area contributed by atoms with Gasteiger partial charge in [-0.1, -0.05) is 26.0 Å². The van der Waals surface area contributed by atoms with Crippen LogP contribution in [0.15, 0.2) is 53.5 Å². The van der Waals surface area contributed by atoms with E-state index in [0.29, 0.717) is 67.5 Å². The fraction of sp³-hybridized carbons (Fsp3) is 0.429. The molecule has 46 heavy (non-hydrogen) atoms. The van der Waals surface area contributed by atoms with Crippen molar-refractivity contribution in [2.75, 3.05) is 57.7 Å². The first-order valence-electron chi connectivity index (χ1n) is 15.7. The largest absolute Gasteiger partial charge is 0.493 e. The Balaban J connectivity index is 1.51. The molecule has 0 saturated carbocycles. The summed E-state index contributed by atoms with van der Waals surface area (Å²) in [5.41, 5.74) is 3.12. The Labute approximate surface area is 269 Å². The number of benzene rings is 1. The summed E-state index contributed by atoms with van der Waals surface area (Å²) in [5, 5.41) is 6.33. The predicted molar refractivity (Wildman–Crippen MR) is 178 cm³/mol. The van der Waals surface area contributed by atoms with Gasteiger partial charge in [0.05, 0.1) is 33.1 Å². The zero-order valence-electron chi connectivity index (χ0n) is 27.4. The Kier molecular flexibility index (Phi) is 9.99. The minimum absolute atomic E-state index is 0.0527. The van der Waals surface area contributed by atoms with Gasteiger partial charge in [0.25, 0.3) is 0 Å². The Morgan fingerprint density at radius 1 is 0.957 bits per heavy atom. The second kappa shape index (κ2) is 14.1. The Hall–Kier alpha value is -4.80. The molecule has 1 aromatic heterocycles. The van der Waals surface area contributed by atoms with Crippen molar-refractivity contribution >= 4 is 23.3 Å². The first-order valence-corrected chi connectivity index (χ1v) is 15.7. The van der Waals surface area contributed by atoms with Gasteiger partial charge in [0.2, 0.25) is 23.0 Å². The van der Waals surface area contributed by atoms with Gasteiger partial charge in [-0.15, -0.1) is 0 Å². The number of piperazine rings is 1. The number of methoxy groups -OCH3 is 3. The molecule has 1 aliphatic carbocycles. The summed E-state index contributed by atoms with van der Waals surface area (Å²) in [6, 6.07) is 11.8. The van der Waals surface area contributed by atoms with E-state index >= 15 is 0 Å². The molecule has 0 unspecified atom stereocenters. The number of hydrogen-bond donors (Lipinski definition) is 2. The second-order valence-electron chi connectivity index (χ2n) is 12.0. The highest BCUT2D eigenvalue weighted by atomic mass is 16.5. The summed E-state index contributed by atoms with van der Waals surface area (Å²) in [6.07, 6.45) is 2.93. The van der Waals surface area contributed by atoms with E-state index in [4.69, 9.17) is 14.2 Å². The van der Waals surface area contributed by atoms with E-state index in [1.54, 1.807) is 39.7 Å². The number of nitrogens with one attached hydrogen (secondary N) is 2. The summed E-state index contributed by atoms with van der Waals surface area (Å²) in [4.78, 5) is 48.5. The number of hydrogen-bond acceptors (Lipinski definition) is 9. The van der Waals surface area contributed by atoms with Gasteiger partial charge in [0.1, 0.15) is 11.9 Å². The highest BCUT2D eigenvalue weighted by molar-refractivity contribution is 5.86. The summed E-state index contributed by atoms with van der Waals surface area (Å²) >= 11 is 0. The molecular formula is C35H43N5O6. The second-order valence-corrected chi connectivity index (χ2v) is 12.0. The number of carbonyl (C=O) groups is 2. The van der Waals surface area contributed by atoms with Crippen LogP contribution in [-0.2, 0) is 16.0 Å². The van der Waals surface area contributed by atoms with E-state index in [9.17, 15) is 14.4 Å². The average molecular weight is 630 g/mol. The highest BCUT2D eigenvalue weighted by Gasteiger charge is 2.32. The molecule has 1 aliphatic heterocycles. The van der Waals surface area contributed by atoms with Gasteiger partial charge in [-0.2, -0.15) is 0 Å². The molecule has 1 fully saturated rings. The lowest BCUT2D eigenvalue weighted by atomic mass is 9.95. The third kappa shape index (κ3) is 6.59. The van der Waals surface area contributed by atoms with E-state index in [0.717, 1.165) is 22.5 Å². The van der Waals surface area contributed by atoms with E-state index in [-0.39, 0.29) is 23.2 Å². The molecule has 2 aromatic carbocycles. The lowest BCUT2D eigenvalue weighted by Gasteiger charge is -2.37. The fourth-order valence-electron chi connectivity index (χ4n) is 6.40. The third-order valence-electron chi connectivity index (χ3n) is 8.72. The molecule has 2 atom stereocenters. The number of amides is 2. The van der Waals surface area contributed by atoms with Gasteiger partial charge < -0.3 is 34.6 Å². The number of aromatic nitrogens is 1. The number of ether oxygens (including phenoxy) is 3. The number of rotatable bonds is 9. The van der Waals surface area contributed by atoms with Gasteiger partial charge >= 0.3 is 0 Å². The Morgan fingerprint density at radius 2 is 1.70 bits per heavy atom. The lowest BCUT2D eigenvalue weighted by molar-refractivity contribution is -0.133. The van der Waals surface area contributed by atoms with Crippen LogP contribution < -0.4 is 35.2 Å². The van der Waals surface area contributed by atoms with Gasteiger partial charge in [-0.25, -0.2) is 4.98 Å². The number of aryl methyl sites for hydroxylation is 1. The van der Waals surface area contributed by atoms with Crippen LogP contribution in [0.4, 0.5) is 11.5 Å². The van der Waals surface area contributed by atoms with Crippen LogP contribution >= 0.6 is 0 Å². The smallest absolute Gasteiger partial charge is 0.245 e. The predicted octanol–water partition coefficient (Wildman–Crippen LogP) is 4.04. The quantitative estimate of drug-likeness (QED) is 0.361. The topological polar surface area (TPSA) is 122 Å². The first kappa shape index (κ1) is 32.6. The van der Waals surface area contributed by atoms with Crippen molar-refractivity contribution in [3.05, 3.63) is 70.0 Å². The minimum atomic E-state index is -0.617. The maximum atomic E-state index is 13.9. The number of nitrogens with zero attached hydrogens (tertiary/aromatic N) is 3. The number of anilines is 2. The van der Waals surface area contributed by atoms with Gasteiger partial charge in [0, 0.05) is 44.9 Å². The molecular weight excluding hydrogens is 586 g/mol. The molecule has 0 radical (unpaired) electrons. The zero-order chi connectivity index (χ0) is 33.0. The van der Waals surface area contributed by atoms with Crippen LogP contribution in [-0.4, -0.2) is 75.2 Å². The number of pyridine rings is 1. The van der Waals surface area contributed by atoms with E-state index in [1.165, 1.54) is 6.92 Å². The van der Waals surface area contributed by atoms with Crippen molar-refractivity contribution in [3.63, 3.8) is 0 Å². The zero-order valence-corrected chi connectivity index (χ0v) is 27.4. The van der Waals surface area contributed by atoms with Crippen LogP contribution in [0, 0.1) is 5.92 Å². The van der Waals surface area contributed by atoms with Gasteiger partial charge in [0.15, 0.2) is 11.5 Å². The van der Waals surface area contributed by atoms with Crippen molar-refractivity contribution in [1.82, 2.24) is 15.2 Å². The third-order valence-corrected chi connectivity index (χ3v) is 8.72. The van der Waals surface area contributed by atoms with Crippen molar-refractivity contribution in [2.24, 2.45) is 5.92 Å². The summed E-state index contributed by atoms with van der Waals surface area (Å²) < 4.78 is 17.2. The van der Waals surface area contributed by atoms with Crippen LogP contribution in [0.3, 0.4) is 0 Å². The first-order chi connectivity index (χ1) is 22.2. The number of fused-ring (bicyclic) bond motifs is 3. The monoisotopic (exact) mass is 629 g/mol. The molecule has 11 heteroatoms. The molecule has 0 spiro atoms. The molecule has 2 heterocycles. The van der Waals surface area contributed by atoms with Gasteiger partial charge in [-0.05, 0) is 65.8 Å². The van der Waals surface area contributed by atoms with Crippen molar-refractivity contribution in [1.29, 1.82) is 0 Å². The maximum absolute atomic E-state index is 13.9. The molecule has 11 nitrogen and oxygen atoms in total. The van der Waals surface area contributed by atoms with Crippen LogP contribution in [0.1, 0.15) is 44.4 Å². The maximum Gasteiger partial charge on any atom is 0.245 e. The Bertz CT molecular complexity index is 1640. The van der Waals surface area contributed by atoms with E-state index < -0.39 is 12.1 Å². The summed E-state index contributed by atoms with van der Waals surface area (Å²) in [7, 11) is 4.69. The van der Waals surface area contributed by atoms with E-state index in [2.05, 4.69) is 20.5 Å². The lowest BCUT2D eigenvalue weighted by Crippen LogP contribution is -2.54. The SMILES string of the molecule is COc1cc2c(c(OC)c1OC)-c1ccc(N[C@H](C(=O)N3CCN(c4ccccn4)CC3)C(C)C)c(=O)cc1[C@@H](NC(C)=O)CC2. The van der Waals surface area contributed by atoms with Crippen molar-refractivity contribution in [2.45, 2.75) is 45.7 Å². The summed E-state index contributed by atoms with van der Waals surface area (Å²) in [6.45, 7) is 7.86. The Morgan fingerprint density at radius 3 is 2.30 bits per heavy atom. The summed E-state index contributed by atoms with van der Waals surface area (Å²) in [5.74, 6) is 2.01. The van der Waals surface area contributed by atoms with Crippen LogP contribution in [0.25, 0.3) is 11.1 Å². The van der Waals surface area contributed by atoms with Crippen LogP contribution in [0.2, 0.25) is 0 Å². The average Bonchev–Trinajstić information content (AvgIpc) is 3.30. The molecule has 244 valence electrons. The molecule has 2 amide bonds. The van der Waals surface area contributed by atoms with Crippen molar-refractivity contribution in [3.8, 4) is 28.4 Å². The number of carbonyl (C=O) groups excluding carboxylic acids is 2.